The molecule has 0 N–H and O–H groups in total. The fourth-order valence-electron chi connectivity index (χ4n) is 7.25. The summed E-state index contributed by atoms with van der Waals surface area (Å²) in [5, 5.41) is 7.39. The second kappa shape index (κ2) is 14.6. The van der Waals surface area contributed by atoms with Gasteiger partial charge in [-0.05, 0) is 90.1 Å². The summed E-state index contributed by atoms with van der Waals surface area (Å²) < 4.78 is 10.9. The molecule has 0 unspecified atom stereocenters. The van der Waals surface area contributed by atoms with Crippen LogP contribution in [0.1, 0.15) is 81.6 Å². The van der Waals surface area contributed by atoms with Crippen LogP contribution in [0, 0.1) is 26.0 Å². The molecule has 51 heavy (non-hydrogen) atoms. The molecule has 0 bridgehead atoms. The van der Waals surface area contributed by atoms with Crippen molar-refractivity contribution in [3.8, 4) is 34.1 Å². The van der Waals surface area contributed by atoms with Crippen molar-refractivity contribution >= 4 is 21.8 Å². The number of nitrogens with zero attached hydrogens (tertiary/aromatic N) is 4. The SMILES string of the molecule is CCCc1ccnc(-n2c3[c-]c(Oc4[c-]c(-n5nc(C)c(-c6c(CC)cccc6CC)c5C)cc(C(C)(C)C)c4)ccc3c3ccccc32)c1.[Pt+2]. The van der Waals surface area contributed by atoms with Crippen molar-refractivity contribution < 1.29 is 25.8 Å². The molecule has 0 aliphatic carbocycles. The Morgan fingerprint density at radius 1 is 0.765 bits per heavy atom. The van der Waals surface area contributed by atoms with Gasteiger partial charge < -0.3 is 9.30 Å². The van der Waals surface area contributed by atoms with Crippen molar-refractivity contribution in [1.29, 1.82) is 0 Å². The Hall–Kier alpha value is -4.47. The van der Waals surface area contributed by atoms with Crippen LogP contribution in [0.5, 0.6) is 11.5 Å². The molecule has 0 saturated carbocycles. The molecular formula is C45H46N4OPt. The number of hydrogen-bond donors (Lipinski definition) is 0. The zero-order valence-electron chi connectivity index (χ0n) is 30.9. The number of benzene rings is 4. The van der Waals surface area contributed by atoms with E-state index in [2.05, 4.69) is 145 Å². The van der Waals surface area contributed by atoms with E-state index in [9.17, 15) is 0 Å². The summed E-state index contributed by atoms with van der Waals surface area (Å²) in [6, 6.07) is 35.1. The van der Waals surface area contributed by atoms with Crippen LogP contribution >= 0.6 is 0 Å². The maximum atomic E-state index is 6.68. The molecule has 3 heterocycles. The molecule has 0 spiro atoms. The standard InChI is InChI=1S/C45H46N4O.Pt/c1-9-15-31-22-23-46-42(24-31)48-40-19-13-12-18-38(40)39-21-20-36(28-41(39)48)50-37-26-34(45(6,7)8)25-35(27-37)49-30(5)43(29(4)47-49)44-32(10-2)16-14-17-33(44)11-3;/h12-14,16-26H,9-11,15H2,1-8H3;/q-2;+2. The van der Waals surface area contributed by atoms with E-state index in [-0.39, 0.29) is 26.5 Å². The van der Waals surface area contributed by atoms with E-state index in [0.29, 0.717) is 11.5 Å². The maximum absolute atomic E-state index is 6.68. The molecule has 0 amide bonds. The van der Waals surface area contributed by atoms with E-state index in [1.165, 1.54) is 27.8 Å². The first-order chi connectivity index (χ1) is 24.1. The Morgan fingerprint density at radius 2 is 1.51 bits per heavy atom. The number of hydrogen-bond acceptors (Lipinski definition) is 3. The van der Waals surface area contributed by atoms with Crippen molar-refractivity contribution in [2.75, 3.05) is 0 Å². The monoisotopic (exact) mass is 853 g/mol. The van der Waals surface area contributed by atoms with E-state index >= 15 is 0 Å². The van der Waals surface area contributed by atoms with Crippen LogP contribution < -0.4 is 4.74 Å². The minimum Gasteiger partial charge on any atom is -0.509 e. The number of ether oxygens (including phenoxy) is 1. The molecule has 6 heteroatoms. The molecule has 0 aliphatic rings. The van der Waals surface area contributed by atoms with Gasteiger partial charge in [0.25, 0.3) is 0 Å². The summed E-state index contributed by atoms with van der Waals surface area (Å²) in [5.41, 5.74) is 12.5. The average molecular weight is 854 g/mol. The number of para-hydroxylation sites is 1. The molecule has 0 saturated heterocycles. The quantitative estimate of drug-likeness (QED) is 0.136. The summed E-state index contributed by atoms with van der Waals surface area (Å²) in [5.74, 6) is 2.14. The van der Waals surface area contributed by atoms with Gasteiger partial charge in [0.1, 0.15) is 5.82 Å². The Labute approximate surface area is 317 Å². The third kappa shape index (κ3) is 6.81. The second-order valence-electron chi connectivity index (χ2n) is 14.3. The smallest absolute Gasteiger partial charge is 0.509 e. The van der Waals surface area contributed by atoms with Crippen LogP contribution in [-0.2, 0) is 45.7 Å². The zero-order chi connectivity index (χ0) is 35.2. The third-order valence-electron chi connectivity index (χ3n) is 9.82. The van der Waals surface area contributed by atoms with E-state index in [1.807, 2.05) is 16.9 Å². The molecule has 0 fully saturated rings. The van der Waals surface area contributed by atoms with Gasteiger partial charge in [0.15, 0.2) is 0 Å². The predicted octanol–water partition coefficient (Wildman–Crippen LogP) is 11.4. The van der Waals surface area contributed by atoms with Gasteiger partial charge in [-0.2, -0.15) is 11.2 Å². The third-order valence-corrected chi connectivity index (χ3v) is 9.82. The van der Waals surface area contributed by atoms with E-state index in [4.69, 9.17) is 14.8 Å². The largest absolute Gasteiger partial charge is 2.00 e. The fourth-order valence-corrected chi connectivity index (χ4v) is 7.25. The summed E-state index contributed by atoms with van der Waals surface area (Å²) in [6.07, 6.45) is 5.93. The first-order valence-corrected chi connectivity index (χ1v) is 17.9. The summed E-state index contributed by atoms with van der Waals surface area (Å²) >= 11 is 0. The first kappa shape index (κ1) is 36.3. The normalized spacial score (nSPS) is 11.7. The van der Waals surface area contributed by atoms with Gasteiger partial charge in [-0.25, -0.2) is 4.98 Å². The molecular weight excluding hydrogens is 808 g/mol. The number of aryl methyl sites for hydroxylation is 4. The van der Waals surface area contributed by atoms with Crippen LogP contribution in [0.3, 0.4) is 0 Å². The summed E-state index contributed by atoms with van der Waals surface area (Å²) in [6.45, 7) is 17.6. The Balaban J connectivity index is 0.00000448. The molecule has 4 aromatic carbocycles. The van der Waals surface area contributed by atoms with Gasteiger partial charge in [0, 0.05) is 34.5 Å². The predicted molar refractivity (Wildman–Crippen MR) is 206 cm³/mol. The van der Waals surface area contributed by atoms with Gasteiger partial charge >= 0.3 is 21.1 Å². The number of fused-ring (bicyclic) bond motifs is 3. The topological polar surface area (TPSA) is 44.9 Å². The maximum Gasteiger partial charge on any atom is 2.00 e. The van der Waals surface area contributed by atoms with Crippen LogP contribution in [0.25, 0.3) is 44.4 Å². The van der Waals surface area contributed by atoms with Gasteiger partial charge in [-0.3, -0.25) is 4.68 Å². The van der Waals surface area contributed by atoms with Crippen LogP contribution in [0.2, 0.25) is 0 Å². The Morgan fingerprint density at radius 3 is 2.22 bits per heavy atom. The molecule has 0 radical (unpaired) electrons. The molecule has 0 atom stereocenters. The van der Waals surface area contributed by atoms with Crippen molar-refractivity contribution in [2.45, 2.75) is 86.5 Å². The first-order valence-electron chi connectivity index (χ1n) is 17.9. The second-order valence-corrected chi connectivity index (χ2v) is 14.3. The number of pyridine rings is 1. The van der Waals surface area contributed by atoms with Crippen molar-refractivity contribution in [3.63, 3.8) is 0 Å². The van der Waals surface area contributed by atoms with Crippen LogP contribution in [-0.4, -0.2) is 19.3 Å². The van der Waals surface area contributed by atoms with Gasteiger partial charge in [0.05, 0.1) is 5.69 Å². The molecule has 3 aromatic heterocycles. The van der Waals surface area contributed by atoms with Crippen LogP contribution in [0.15, 0.2) is 85.1 Å². The van der Waals surface area contributed by atoms with Gasteiger partial charge in [-0.15, -0.1) is 41.3 Å². The number of rotatable bonds is 9. The van der Waals surface area contributed by atoms with E-state index in [1.54, 1.807) is 0 Å². The number of aromatic nitrogens is 4. The molecule has 262 valence electrons. The van der Waals surface area contributed by atoms with Crippen molar-refractivity contribution in [1.82, 2.24) is 19.3 Å². The Kier molecular flexibility index (Phi) is 10.4. The Bertz CT molecular complexity index is 2340. The average Bonchev–Trinajstić information content (AvgIpc) is 3.59. The van der Waals surface area contributed by atoms with Crippen molar-refractivity contribution in [3.05, 3.63) is 131 Å². The van der Waals surface area contributed by atoms with Crippen molar-refractivity contribution in [2.24, 2.45) is 0 Å². The van der Waals surface area contributed by atoms with Gasteiger partial charge in [0.2, 0.25) is 0 Å². The van der Waals surface area contributed by atoms with Crippen LogP contribution in [0.4, 0.5) is 0 Å². The molecule has 0 aliphatic heterocycles. The zero-order valence-corrected chi connectivity index (χ0v) is 33.2. The minimum atomic E-state index is -0.125. The fraction of sp³-hybridized carbons (Fsp3) is 0.289. The summed E-state index contributed by atoms with van der Waals surface area (Å²) in [4.78, 5) is 4.81. The van der Waals surface area contributed by atoms with E-state index < -0.39 is 0 Å². The molecule has 7 rings (SSSR count). The summed E-state index contributed by atoms with van der Waals surface area (Å²) in [7, 11) is 0. The molecule has 5 nitrogen and oxygen atoms in total. The molecule has 7 aromatic rings. The van der Waals surface area contributed by atoms with E-state index in [0.717, 1.165) is 75.9 Å². The minimum absolute atomic E-state index is 0. The van der Waals surface area contributed by atoms with Gasteiger partial charge in [-0.1, -0.05) is 89.9 Å².